The minimum Gasteiger partial charge on any atom is -0.479 e. The summed E-state index contributed by atoms with van der Waals surface area (Å²) in [6.45, 7) is 7.25. The third kappa shape index (κ3) is 3.47. The van der Waals surface area contributed by atoms with E-state index in [4.69, 9.17) is 14.6 Å². The van der Waals surface area contributed by atoms with Gasteiger partial charge in [-0.2, -0.15) is 5.10 Å². The maximum atomic E-state index is 12.2. The van der Waals surface area contributed by atoms with Crippen molar-refractivity contribution >= 4 is 6.09 Å². The SMILES string of the molecule is CC(C)(C)OC(=O)N1CC2(CC(n3cnc(C4(Oc5ccccc5)CC4)n3)C2)C1. The van der Waals surface area contributed by atoms with Gasteiger partial charge in [0, 0.05) is 18.5 Å². The van der Waals surface area contributed by atoms with Crippen LogP contribution < -0.4 is 4.74 Å². The molecule has 1 amide bonds. The van der Waals surface area contributed by atoms with Crippen LogP contribution in [-0.4, -0.2) is 44.4 Å². The van der Waals surface area contributed by atoms with Crippen molar-refractivity contribution in [2.45, 2.75) is 63.7 Å². The van der Waals surface area contributed by atoms with Crippen molar-refractivity contribution in [2.75, 3.05) is 13.1 Å². The van der Waals surface area contributed by atoms with E-state index in [-0.39, 0.29) is 17.1 Å². The first-order valence-corrected chi connectivity index (χ1v) is 10.4. The standard InChI is InChI=1S/C22H28N4O3/c1-20(2,3)29-19(27)25-13-21(14-25)11-16(12-21)26-15-23-18(24-26)22(9-10-22)28-17-7-5-4-6-8-17/h4-8,15-16H,9-14H2,1-3H3. The molecule has 7 heteroatoms. The van der Waals surface area contributed by atoms with Crippen molar-refractivity contribution in [3.05, 3.63) is 42.5 Å². The van der Waals surface area contributed by atoms with Crippen molar-refractivity contribution in [1.82, 2.24) is 19.7 Å². The number of hydrogen-bond acceptors (Lipinski definition) is 5. The van der Waals surface area contributed by atoms with Gasteiger partial charge in [0.05, 0.1) is 6.04 Å². The first kappa shape index (κ1) is 18.5. The Balaban J connectivity index is 1.16. The summed E-state index contributed by atoms with van der Waals surface area (Å²) in [4.78, 5) is 18.5. The molecule has 2 aliphatic carbocycles. The lowest BCUT2D eigenvalue weighted by atomic mass is 9.61. The van der Waals surface area contributed by atoms with Crippen LogP contribution >= 0.6 is 0 Å². The number of carbonyl (C=O) groups excluding carboxylic acids is 1. The Morgan fingerprint density at radius 1 is 1.14 bits per heavy atom. The molecule has 0 radical (unpaired) electrons. The Kier molecular flexibility index (Phi) is 3.95. The van der Waals surface area contributed by atoms with E-state index in [1.807, 2.05) is 62.1 Å². The van der Waals surface area contributed by atoms with Crippen molar-refractivity contribution in [3.63, 3.8) is 0 Å². The van der Waals surface area contributed by atoms with E-state index in [2.05, 4.69) is 4.98 Å². The van der Waals surface area contributed by atoms with E-state index in [1.165, 1.54) is 0 Å². The molecule has 7 nitrogen and oxygen atoms in total. The third-order valence-electron chi connectivity index (χ3n) is 6.09. The fraction of sp³-hybridized carbons (Fsp3) is 0.591. The lowest BCUT2D eigenvalue weighted by Crippen LogP contribution is -2.64. The van der Waals surface area contributed by atoms with Crippen LogP contribution in [0.15, 0.2) is 36.7 Å². The summed E-state index contributed by atoms with van der Waals surface area (Å²) in [6, 6.07) is 10.2. The molecular weight excluding hydrogens is 368 g/mol. The van der Waals surface area contributed by atoms with Crippen molar-refractivity contribution < 1.29 is 14.3 Å². The smallest absolute Gasteiger partial charge is 0.410 e. The van der Waals surface area contributed by atoms with Crippen LogP contribution in [0.25, 0.3) is 0 Å². The largest absolute Gasteiger partial charge is 0.479 e. The average Bonchev–Trinajstić information content (AvgIpc) is 3.18. The molecule has 5 rings (SSSR count). The van der Waals surface area contributed by atoms with E-state index in [9.17, 15) is 4.79 Å². The zero-order valence-corrected chi connectivity index (χ0v) is 17.3. The van der Waals surface area contributed by atoms with Crippen molar-refractivity contribution in [1.29, 1.82) is 0 Å². The quantitative estimate of drug-likeness (QED) is 0.783. The van der Waals surface area contributed by atoms with E-state index >= 15 is 0 Å². The minimum absolute atomic E-state index is 0.205. The number of likely N-dealkylation sites (tertiary alicyclic amines) is 1. The number of ether oxygens (including phenoxy) is 2. The zero-order chi connectivity index (χ0) is 20.3. The van der Waals surface area contributed by atoms with Crippen LogP contribution in [0.4, 0.5) is 4.79 Å². The summed E-state index contributed by atoms with van der Waals surface area (Å²) in [7, 11) is 0. The molecule has 3 fully saturated rings. The molecule has 1 saturated heterocycles. The normalized spacial score (nSPS) is 22.0. The highest BCUT2D eigenvalue weighted by Crippen LogP contribution is 2.54. The molecule has 0 N–H and O–H groups in total. The fourth-order valence-electron chi connectivity index (χ4n) is 4.46. The highest BCUT2D eigenvalue weighted by atomic mass is 16.6. The minimum atomic E-state index is -0.445. The van der Waals surface area contributed by atoms with Gasteiger partial charge < -0.3 is 14.4 Å². The van der Waals surface area contributed by atoms with E-state index < -0.39 is 5.60 Å². The van der Waals surface area contributed by atoms with Crippen LogP contribution in [0, 0.1) is 5.41 Å². The highest BCUT2D eigenvalue weighted by Gasteiger charge is 2.56. The lowest BCUT2D eigenvalue weighted by Gasteiger charge is -2.58. The molecule has 0 bridgehead atoms. The number of hydrogen-bond donors (Lipinski definition) is 0. The summed E-state index contributed by atoms with van der Waals surface area (Å²) in [5.41, 5.74) is -0.580. The van der Waals surface area contributed by atoms with Crippen LogP contribution in [0.1, 0.15) is 58.3 Å². The second-order valence-corrected chi connectivity index (χ2v) is 9.86. The molecule has 154 valence electrons. The predicted molar refractivity (Wildman–Crippen MR) is 107 cm³/mol. The third-order valence-corrected chi connectivity index (χ3v) is 6.09. The molecule has 1 spiro atoms. The molecule has 2 heterocycles. The summed E-state index contributed by atoms with van der Waals surface area (Å²) >= 11 is 0. The molecule has 1 aromatic heterocycles. The second-order valence-electron chi connectivity index (χ2n) is 9.86. The van der Waals surface area contributed by atoms with Crippen LogP contribution in [0.2, 0.25) is 0 Å². The monoisotopic (exact) mass is 396 g/mol. The Labute approximate surface area is 171 Å². The Hall–Kier alpha value is -2.57. The number of nitrogens with zero attached hydrogens (tertiary/aromatic N) is 4. The van der Waals surface area contributed by atoms with Crippen molar-refractivity contribution in [2.24, 2.45) is 5.41 Å². The number of rotatable bonds is 4. The number of carbonyl (C=O) groups is 1. The van der Waals surface area contributed by atoms with Gasteiger partial charge in [-0.05, 0) is 58.6 Å². The molecule has 0 unspecified atom stereocenters. The van der Waals surface area contributed by atoms with Gasteiger partial charge >= 0.3 is 6.09 Å². The topological polar surface area (TPSA) is 69.5 Å². The second kappa shape index (κ2) is 6.21. The number of amides is 1. The van der Waals surface area contributed by atoms with Gasteiger partial charge in [0.1, 0.15) is 17.7 Å². The molecule has 29 heavy (non-hydrogen) atoms. The molecule has 1 aromatic carbocycles. The number of benzene rings is 1. The Bertz CT molecular complexity index is 900. The van der Waals surface area contributed by atoms with Crippen LogP contribution in [0.5, 0.6) is 5.75 Å². The van der Waals surface area contributed by atoms with E-state index in [0.29, 0.717) is 6.04 Å². The number of aromatic nitrogens is 3. The molecule has 2 saturated carbocycles. The molecular formula is C22H28N4O3. The van der Waals surface area contributed by atoms with Gasteiger partial charge in [-0.3, -0.25) is 0 Å². The maximum absolute atomic E-state index is 12.2. The molecule has 1 aliphatic heterocycles. The van der Waals surface area contributed by atoms with Gasteiger partial charge in [-0.15, -0.1) is 0 Å². The van der Waals surface area contributed by atoms with Gasteiger partial charge in [0.25, 0.3) is 0 Å². The van der Waals surface area contributed by atoms with Crippen molar-refractivity contribution in [3.8, 4) is 5.75 Å². The highest BCUT2D eigenvalue weighted by molar-refractivity contribution is 5.69. The fourth-order valence-corrected chi connectivity index (χ4v) is 4.46. The van der Waals surface area contributed by atoms with E-state index in [0.717, 1.165) is 50.3 Å². The summed E-state index contributed by atoms with van der Waals surface area (Å²) < 4.78 is 13.6. The maximum Gasteiger partial charge on any atom is 0.410 e. The van der Waals surface area contributed by atoms with Gasteiger partial charge in [0.2, 0.25) is 0 Å². The summed E-state index contributed by atoms with van der Waals surface area (Å²) in [5, 5.41) is 4.76. The summed E-state index contributed by atoms with van der Waals surface area (Å²) in [5.74, 6) is 1.65. The first-order chi connectivity index (χ1) is 13.8. The van der Waals surface area contributed by atoms with E-state index in [1.54, 1.807) is 4.90 Å². The molecule has 0 atom stereocenters. The average molecular weight is 396 g/mol. The lowest BCUT2D eigenvalue weighted by molar-refractivity contribution is -0.0929. The van der Waals surface area contributed by atoms with Gasteiger partial charge in [-0.1, -0.05) is 18.2 Å². The molecule has 3 aliphatic rings. The molecule has 2 aromatic rings. The first-order valence-electron chi connectivity index (χ1n) is 10.4. The predicted octanol–water partition coefficient (Wildman–Crippen LogP) is 3.92. The Morgan fingerprint density at radius 2 is 1.83 bits per heavy atom. The van der Waals surface area contributed by atoms with Gasteiger partial charge in [-0.25, -0.2) is 14.5 Å². The van der Waals surface area contributed by atoms with Crippen LogP contribution in [0.3, 0.4) is 0 Å². The number of para-hydroxylation sites is 1. The summed E-state index contributed by atoms with van der Waals surface area (Å²) in [6.07, 6.45) is 5.59. The van der Waals surface area contributed by atoms with Gasteiger partial charge in [0.15, 0.2) is 11.4 Å². The Morgan fingerprint density at radius 3 is 2.45 bits per heavy atom. The zero-order valence-electron chi connectivity index (χ0n) is 17.3. The van der Waals surface area contributed by atoms with Crippen LogP contribution in [-0.2, 0) is 10.3 Å².